The predicted octanol–water partition coefficient (Wildman–Crippen LogP) is 3.48. The maximum absolute atomic E-state index is 11.9. The van der Waals surface area contributed by atoms with E-state index in [0.29, 0.717) is 22.4 Å². The Hall–Kier alpha value is -1.91. The van der Waals surface area contributed by atoms with Crippen LogP contribution in [0, 0.1) is 17.2 Å². The number of amides is 1. The summed E-state index contributed by atoms with van der Waals surface area (Å²) in [5.74, 6) is 1.54. The summed E-state index contributed by atoms with van der Waals surface area (Å²) in [6, 6.07) is 9.48. The van der Waals surface area contributed by atoms with E-state index in [1.54, 1.807) is 12.1 Å². The number of thioether (sulfide) groups is 1. The maximum atomic E-state index is 11.9. The SMILES string of the molecule is CC(C)Cc1nnc(NC(=O)CSCc2ccc(C#N)cc2)s1. The van der Waals surface area contributed by atoms with Crippen LogP contribution in [0.5, 0.6) is 0 Å². The molecule has 23 heavy (non-hydrogen) atoms. The number of nitriles is 1. The fourth-order valence-electron chi connectivity index (χ4n) is 1.83. The number of benzene rings is 1. The van der Waals surface area contributed by atoms with E-state index in [1.165, 1.54) is 23.1 Å². The second-order valence-electron chi connectivity index (χ2n) is 5.45. The molecule has 1 N–H and O–H groups in total. The summed E-state index contributed by atoms with van der Waals surface area (Å²) in [7, 11) is 0. The summed E-state index contributed by atoms with van der Waals surface area (Å²) < 4.78 is 0. The average molecular weight is 346 g/mol. The van der Waals surface area contributed by atoms with E-state index in [2.05, 4.69) is 35.4 Å². The fraction of sp³-hybridized carbons (Fsp3) is 0.375. The van der Waals surface area contributed by atoms with Gasteiger partial charge in [0.05, 0.1) is 17.4 Å². The molecule has 1 aromatic carbocycles. The van der Waals surface area contributed by atoms with Crippen molar-refractivity contribution < 1.29 is 4.79 Å². The summed E-state index contributed by atoms with van der Waals surface area (Å²) in [4.78, 5) is 11.9. The van der Waals surface area contributed by atoms with Crippen molar-refractivity contribution in [3.63, 3.8) is 0 Å². The molecule has 0 aliphatic rings. The predicted molar refractivity (Wildman–Crippen MR) is 94.4 cm³/mol. The second kappa shape index (κ2) is 8.65. The maximum Gasteiger partial charge on any atom is 0.236 e. The molecule has 2 aromatic rings. The number of nitrogens with one attached hydrogen (secondary N) is 1. The second-order valence-corrected chi connectivity index (χ2v) is 7.50. The van der Waals surface area contributed by atoms with E-state index in [4.69, 9.17) is 5.26 Å². The molecule has 1 amide bonds. The zero-order valence-electron chi connectivity index (χ0n) is 13.1. The minimum absolute atomic E-state index is 0.0732. The number of anilines is 1. The summed E-state index contributed by atoms with van der Waals surface area (Å²) >= 11 is 2.96. The number of aromatic nitrogens is 2. The van der Waals surface area contributed by atoms with E-state index < -0.39 is 0 Å². The molecule has 0 saturated heterocycles. The highest BCUT2D eigenvalue weighted by atomic mass is 32.2. The van der Waals surface area contributed by atoms with E-state index in [0.717, 1.165) is 22.7 Å². The van der Waals surface area contributed by atoms with Crippen LogP contribution in [-0.4, -0.2) is 21.9 Å². The molecule has 0 unspecified atom stereocenters. The summed E-state index contributed by atoms with van der Waals surface area (Å²) in [5, 5.41) is 21.1. The van der Waals surface area contributed by atoms with Gasteiger partial charge in [-0.15, -0.1) is 22.0 Å². The molecular weight excluding hydrogens is 328 g/mol. The lowest BCUT2D eigenvalue weighted by atomic mass is 10.1. The third-order valence-corrected chi connectivity index (χ3v) is 4.75. The van der Waals surface area contributed by atoms with E-state index in [9.17, 15) is 4.79 Å². The highest BCUT2D eigenvalue weighted by molar-refractivity contribution is 7.99. The van der Waals surface area contributed by atoms with Gasteiger partial charge in [0.25, 0.3) is 0 Å². The average Bonchev–Trinajstić information content (AvgIpc) is 2.94. The number of rotatable bonds is 7. The number of hydrogen-bond acceptors (Lipinski definition) is 6. The van der Waals surface area contributed by atoms with E-state index in [1.807, 2.05) is 12.1 Å². The van der Waals surface area contributed by atoms with Crippen molar-refractivity contribution in [1.29, 1.82) is 5.26 Å². The Bertz CT molecular complexity index is 689. The van der Waals surface area contributed by atoms with Gasteiger partial charge < -0.3 is 0 Å². The van der Waals surface area contributed by atoms with Gasteiger partial charge in [0.2, 0.25) is 11.0 Å². The lowest BCUT2D eigenvalue weighted by Crippen LogP contribution is -2.13. The normalized spacial score (nSPS) is 10.5. The van der Waals surface area contributed by atoms with Gasteiger partial charge in [-0.1, -0.05) is 37.3 Å². The fourth-order valence-corrected chi connectivity index (χ4v) is 3.58. The Labute approximate surface area is 144 Å². The Morgan fingerprint density at radius 2 is 2.09 bits per heavy atom. The number of hydrogen-bond donors (Lipinski definition) is 1. The molecule has 1 heterocycles. The summed E-state index contributed by atoms with van der Waals surface area (Å²) in [5.41, 5.74) is 1.74. The van der Waals surface area contributed by atoms with Crippen LogP contribution < -0.4 is 5.32 Å². The number of carbonyl (C=O) groups excluding carboxylic acids is 1. The van der Waals surface area contributed by atoms with Gasteiger partial charge in [0.1, 0.15) is 5.01 Å². The largest absolute Gasteiger partial charge is 0.300 e. The summed E-state index contributed by atoms with van der Waals surface area (Å²) in [6.07, 6.45) is 0.876. The highest BCUT2D eigenvalue weighted by Gasteiger charge is 2.09. The molecule has 0 aliphatic carbocycles. The van der Waals surface area contributed by atoms with Crippen LogP contribution in [0.1, 0.15) is 30.0 Å². The molecule has 2 rings (SSSR count). The molecule has 5 nitrogen and oxygen atoms in total. The minimum atomic E-state index is -0.0732. The van der Waals surface area contributed by atoms with Gasteiger partial charge in [-0.05, 0) is 23.6 Å². The molecule has 0 atom stereocenters. The van der Waals surface area contributed by atoms with Crippen molar-refractivity contribution in [2.75, 3.05) is 11.1 Å². The Kier molecular flexibility index (Phi) is 6.56. The van der Waals surface area contributed by atoms with Crippen molar-refractivity contribution in [2.24, 2.45) is 5.92 Å². The third-order valence-electron chi connectivity index (χ3n) is 2.88. The highest BCUT2D eigenvalue weighted by Crippen LogP contribution is 2.19. The van der Waals surface area contributed by atoms with Crippen LogP contribution in [0.15, 0.2) is 24.3 Å². The molecule has 120 valence electrons. The monoisotopic (exact) mass is 346 g/mol. The quantitative estimate of drug-likeness (QED) is 0.830. The van der Waals surface area contributed by atoms with Gasteiger partial charge in [-0.3, -0.25) is 10.1 Å². The van der Waals surface area contributed by atoms with Crippen LogP contribution in [0.2, 0.25) is 0 Å². The van der Waals surface area contributed by atoms with Gasteiger partial charge in [0, 0.05) is 12.2 Å². The minimum Gasteiger partial charge on any atom is -0.300 e. The van der Waals surface area contributed by atoms with Gasteiger partial charge in [-0.2, -0.15) is 5.26 Å². The third kappa shape index (κ3) is 6.00. The van der Waals surface area contributed by atoms with Crippen LogP contribution >= 0.6 is 23.1 Å². The van der Waals surface area contributed by atoms with E-state index >= 15 is 0 Å². The Morgan fingerprint density at radius 3 is 2.74 bits per heavy atom. The van der Waals surface area contributed by atoms with Crippen LogP contribution in [-0.2, 0) is 17.0 Å². The first kappa shape index (κ1) is 17.4. The molecule has 0 spiro atoms. The zero-order valence-corrected chi connectivity index (χ0v) is 14.7. The molecule has 0 saturated carbocycles. The zero-order chi connectivity index (χ0) is 16.7. The number of carbonyl (C=O) groups is 1. The van der Waals surface area contributed by atoms with Gasteiger partial charge >= 0.3 is 0 Å². The smallest absolute Gasteiger partial charge is 0.236 e. The molecule has 0 fully saturated rings. The van der Waals surface area contributed by atoms with Gasteiger partial charge in [0.15, 0.2) is 0 Å². The first-order valence-corrected chi connectivity index (χ1v) is 9.23. The molecule has 0 radical (unpaired) electrons. The van der Waals surface area contributed by atoms with Gasteiger partial charge in [-0.25, -0.2) is 0 Å². The van der Waals surface area contributed by atoms with Crippen molar-refractivity contribution in [1.82, 2.24) is 10.2 Å². The topological polar surface area (TPSA) is 78.7 Å². The molecule has 0 bridgehead atoms. The van der Waals surface area contributed by atoms with Crippen molar-refractivity contribution in [3.05, 3.63) is 40.4 Å². The van der Waals surface area contributed by atoms with Crippen LogP contribution in [0.3, 0.4) is 0 Å². The van der Waals surface area contributed by atoms with Crippen LogP contribution in [0.25, 0.3) is 0 Å². The number of nitrogens with zero attached hydrogens (tertiary/aromatic N) is 3. The van der Waals surface area contributed by atoms with Crippen LogP contribution in [0.4, 0.5) is 5.13 Å². The molecular formula is C16H18N4OS2. The molecule has 7 heteroatoms. The molecule has 0 aliphatic heterocycles. The Balaban J connectivity index is 1.74. The standard InChI is InChI=1S/C16H18N4OS2/c1-11(2)7-15-19-20-16(23-15)18-14(21)10-22-9-13-5-3-12(8-17)4-6-13/h3-6,11H,7,9-10H2,1-2H3,(H,18,20,21). The van der Waals surface area contributed by atoms with Crippen molar-refractivity contribution >= 4 is 34.1 Å². The lowest BCUT2D eigenvalue weighted by Gasteiger charge is -2.02. The van der Waals surface area contributed by atoms with Crippen molar-refractivity contribution in [2.45, 2.75) is 26.0 Å². The molecule has 1 aromatic heterocycles. The lowest BCUT2D eigenvalue weighted by molar-refractivity contribution is -0.113. The first-order valence-electron chi connectivity index (χ1n) is 7.26. The van der Waals surface area contributed by atoms with E-state index in [-0.39, 0.29) is 5.91 Å². The Morgan fingerprint density at radius 1 is 1.35 bits per heavy atom. The summed E-state index contributed by atoms with van der Waals surface area (Å²) in [6.45, 7) is 4.25. The van der Waals surface area contributed by atoms with Crippen molar-refractivity contribution in [3.8, 4) is 6.07 Å². The first-order chi connectivity index (χ1) is 11.1.